The van der Waals surface area contributed by atoms with Gasteiger partial charge in [-0.2, -0.15) is 0 Å². The van der Waals surface area contributed by atoms with E-state index in [1.807, 2.05) is 12.1 Å². The summed E-state index contributed by atoms with van der Waals surface area (Å²) in [7, 11) is 0. The van der Waals surface area contributed by atoms with Crippen LogP contribution in [0.1, 0.15) is 42.1 Å². The van der Waals surface area contributed by atoms with Gasteiger partial charge < -0.3 is 9.84 Å². The topological polar surface area (TPSA) is 46.5 Å². The number of ketones is 1. The van der Waals surface area contributed by atoms with Gasteiger partial charge in [-0.05, 0) is 43.0 Å². The van der Waals surface area contributed by atoms with Gasteiger partial charge in [-0.25, -0.2) is 0 Å². The highest BCUT2D eigenvalue weighted by molar-refractivity contribution is 9.09. The number of rotatable bonds is 9. The third-order valence-corrected chi connectivity index (χ3v) is 3.39. The minimum atomic E-state index is -0.447. The smallest absolute Gasteiger partial charge is 0.188 e. The predicted molar refractivity (Wildman–Crippen MR) is 80.4 cm³/mol. The Morgan fingerprint density at radius 1 is 1.37 bits per heavy atom. The Hall–Kier alpha value is -0.870. The summed E-state index contributed by atoms with van der Waals surface area (Å²) in [6.07, 6.45) is 3.97. The van der Waals surface area contributed by atoms with Gasteiger partial charge in [0.15, 0.2) is 5.78 Å². The van der Waals surface area contributed by atoms with Gasteiger partial charge in [0.05, 0.1) is 6.61 Å². The maximum Gasteiger partial charge on any atom is 0.188 e. The third-order valence-electron chi connectivity index (χ3n) is 2.83. The van der Waals surface area contributed by atoms with Crippen LogP contribution in [0.2, 0.25) is 0 Å². The van der Waals surface area contributed by atoms with Gasteiger partial charge >= 0.3 is 0 Å². The van der Waals surface area contributed by atoms with E-state index in [1.54, 1.807) is 6.07 Å². The van der Waals surface area contributed by atoms with Crippen LogP contribution in [-0.4, -0.2) is 29.4 Å². The summed E-state index contributed by atoms with van der Waals surface area (Å²) < 4.78 is 5.77. The predicted octanol–water partition coefficient (Wildman–Crippen LogP) is 3.37. The molecule has 0 bridgehead atoms. The lowest BCUT2D eigenvalue weighted by Crippen LogP contribution is -2.06. The molecule has 4 heteroatoms. The molecule has 0 aliphatic carbocycles. The van der Waals surface area contributed by atoms with Crippen molar-refractivity contribution in [2.45, 2.75) is 32.6 Å². The van der Waals surface area contributed by atoms with Crippen LogP contribution in [0.25, 0.3) is 0 Å². The van der Waals surface area contributed by atoms with E-state index in [4.69, 9.17) is 9.84 Å². The van der Waals surface area contributed by atoms with Crippen LogP contribution in [0.5, 0.6) is 5.75 Å². The SMILES string of the molecule is CCCc1cc(C(=O)CO)ccc1OCCCCBr. The first-order valence-corrected chi connectivity index (χ1v) is 7.80. The number of carbonyl (C=O) groups is 1. The Morgan fingerprint density at radius 3 is 2.79 bits per heavy atom. The van der Waals surface area contributed by atoms with Crippen molar-refractivity contribution in [2.75, 3.05) is 18.5 Å². The van der Waals surface area contributed by atoms with Crippen LogP contribution in [0, 0.1) is 0 Å². The summed E-state index contributed by atoms with van der Waals surface area (Å²) in [5, 5.41) is 9.88. The molecule has 1 aromatic rings. The number of aliphatic hydroxyl groups is 1. The van der Waals surface area contributed by atoms with Gasteiger partial charge in [-0.1, -0.05) is 29.3 Å². The van der Waals surface area contributed by atoms with Crippen molar-refractivity contribution in [3.8, 4) is 5.75 Å². The molecule has 3 nitrogen and oxygen atoms in total. The molecule has 0 radical (unpaired) electrons. The number of carbonyl (C=O) groups excluding carboxylic acids is 1. The average molecular weight is 329 g/mol. The molecule has 0 spiro atoms. The molecule has 0 aliphatic heterocycles. The fourth-order valence-electron chi connectivity index (χ4n) is 1.83. The first-order valence-electron chi connectivity index (χ1n) is 6.68. The van der Waals surface area contributed by atoms with Crippen molar-refractivity contribution in [3.05, 3.63) is 29.3 Å². The number of unbranched alkanes of at least 4 members (excludes halogenated alkanes) is 1. The highest BCUT2D eigenvalue weighted by atomic mass is 79.9. The molecule has 1 rings (SSSR count). The lowest BCUT2D eigenvalue weighted by Gasteiger charge is -2.12. The number of hydrogen-bond acceptors (Lipinski definition) is 3. The van der Waals surface area contributed by atoms with E-state index < -0.39 is 6.61 Å². The molecule has 0 aliphatic rings. The number of aliphatic hydroxyl groups excluding tert-OH is 1. The molecule has 19 heavy (non-hydrogen) atoms. The Bertz CT molecular complexity index is 404. The zero-order valence-electron chi connectivity index (χ0n) is 11.3. The minimum absolute atomic E-state index is 0.247. The monoisotopic (exact) mass is 328 g/mol. The molecule has 106 valence electrons. The summed E-state index contributed by atoms with van der Waals surface area (Å²) >= 11 is 3.39. The zero-order valence-corrected chi connectivity index (χ0v) is 12.9. The number of alkyl halides is 1. The highest BCUT2D eigenvalue weighted by Gasteiger charge is 2.09. The van der Waals surface area contributed by atoms with Crippen molar-refractivity contribution in [2.24, 2.45) is 0 Å². The molecule has 0 fully saturated rings. The summed E-state index contributed by atoms with van der Waals surface area (Å²) in [6.45, 7) is 2.34. The summed E-state index contributed by atoms with van der Waals surface area (Å²) in [5.41, 5.74) is 1.60. The first-order chi connectivity index (χ1) is 9.22. The zero-order chi connectivity index (χ0) is 14.1. The molecule has 1 aromatic carbocycles. The largest absolute Gasteiger partial charge is 0.493 e. The van der Waals surface area contributed by atoms with Crippen molar-refractivity contribution in [1.29, 1.82) is 0 Å². The molecule has 1 N–H and O–H groups in total. The Kier molecular flexibility index (Phi) is 7.75. The fraction of sp³-hybridized carbons (Fsp3) is 0.533. The van der Waals surface area contributed by atoms with Crippen molar-refractivity contribution < 1.29 is 14.6 Å². The molecular weight excluding hydrogens is 308 g/mol. The summed E-state index contributed by atoms with van der Waals surface area (Å²) in [4.78, 5) is 11.5. The van der Waals surface area contributed by atoms with Crippen LogP contribution >= 0.6 is 15.9 Å². The van der Waals surface area contributed by atoms with E-state index in [1.165, 1.54) is 0 Å². The minimum Gasteiger partial charge on any atom is -0.493 e. The number of benzene rings is 1. The number of hydrogen-bond donors (Lipinski definition) is 1. The second kappa shape index (κ2) is 9.10. The van der Waals surface area contributed by atoms with E-state index in [0.717, 1.165) is 42.3 Å². The standard InChI is InChI=1S/C15H21BrO3/c1-2-5-13-10-12(14(18)11-17)6-7-15(13)19-9-4-3-8-16/h6-7,10,17H,2-5,8-9,11H2,1H3. The molecular formula is C15H21BrO3. The van der Waals surface area contributed by atoms with E-state index in [0.29, 0.717) is 12.2 Å². The van der Waals surface area contributed by atoms with Crippen LogP contribution in [-0.2, 0) is 6.42 Å². The normalized spacial score (nSPS) is 10.5. The first kappa shape index (κ1) is 16.2. The highest BCUT2D eigenvalue weighted by Crippen LogP contribution is 2.22. The fourth-order valence-corrected chi connectivity index (χ4v) is 2.22. The van der Waals surface area contributed by atoms with Crippen LogP contribution < -0.4 is 4.74 Å². The second-order valence-electron chi connectivity index (χ2n) is 4.40. The maximum absolute atomic E-state index is 11.5. The maximum atomic E-state index is 11.5. The molecule has 0 atom stereocenters. The van der Waals surface area contributed by atoms with E-state index in [-0.39, 0.29) is 5.78 Å². The second-order valence-corrected chi connectivity index (χ2v) is 5.19. The van der Waals surface area contributed by atoms with E-state index in [9.17, 15) is 4.79 Å². The van der Waals surface area contributed by atoms with E-state index in [2.05, 4.69) is 22.9 Å². The van der Waals surface area contributed by atoms with Gasteiger partial charge in [0.2, 0.25) is 0 Å². The molecule has 0 unspecified atom stereocenters. The quantitative estimate of drug-likeness (QED) is 0.429. The molecule has 0 saturated carbocycles. The Labute approximate surface area is 123 Å². The Balaban J connectivity index is 2.76. The van der Waals surface area contributed by atoms with Crippen molar-refractivity contribution in [1.82, 2.24) is 0 Å². The van der Waals surface area contributed by atoms with Crippen LogP contribution in [0.15, 0.2) is 18.2 Å². The van der Waals surface area contributed by atoms with Crippen molar-refractivity contribution >= 4 is 21.7 Å². The van der Waals surface area contributed by atoms with Crippen LogP contribution in [0.4, 0.5) is 0 Å². The number of Topliss-reactive ketones (excluding diaryl/α,β-unsaturated/α-hetero) is 1. The number of halogens is 1. The van der Waals surface area contributed by atoms with Gasteiger partial charge in [0.25, 0.3) is 0 Å². The molecule has 0 amide bonds. The number of ether oxygens (including phenoxy) is 1. The summed E-state index contributed by atoms with van der Waals surface area (Å²) in [5.74, 6) is 0.606. The molecule has 0 heterocycles. The van der Waals surface area contributed by atoms with Crippen LogP contribution in [0.3, 0.4) is 0 Å². The van der Waals surface area contributed by atoms with Crippen molar-refractivity contribution in [3.63, 3.8) is 0 Å². The van der Waals surface area contributed by atoms with Gasteiger partial charge in [-0.3, -0.25) is 4.79 Å². The van der Waals surface area contributed by atoms with Gasteiger partial charge in [0.1, 0.15) is 12.4 Å². The lowest BCUT2D eigenvalue weighted by atomic mass is 10.0. The molecule has 0 aromatic heterocycles. The third kappa shape index (κ3) is 5.33. The van der Waals surface area contributed by atoms with Gasteiger partial charge in [0, 0.05) is 10.9 Å². The van der Waals surface area contributed by atoms with E-state index >= 15 is 0 Å². The summed E-state index contributed by atoms with van der Waals surface area (Å²) in [6, 6.07) is 5.39. The number of aryl methyl sites for hydroxylation is 1. The average Bonchev–Trinajstić information content (AvgIpc) is 2.44. The lowest BCUT2D eigenvalue weighted by molar-refractivity contribution is 0.0903. The Morgan fingerprint density at radius 2 is 2.16 bits per heavy atom. The molecule has 0 saturated heterocycles. The van der Waals surface area contributed by atoms with Gasteiger partial charge in [-0.15, -0.1) is 0 Å².